The van der Waals surface area contributed by atoms with Crippen molar-refractivity contribution in [3.05, 3.63) is 29.8 Å². The van der Waals surface area contributed by atoms with Gasteiger partial charge in [-0.15, -0.1) is 0 Å². The highest BCUT2D eigenvalue weighted by atomic mass is 16.2. The summed E-state index contributed by atoms with van der Waals surface area (Å²) in [5.41, 5.74) is 6.75. The van der Waals surface area contributed by atoms with Crippen molar-refractivity contribution in [2.24, 2.45) is 5.41 Å². The number of ketones is 2. The molecule has 1 unspecified atom stereocenters. The minimum atomic E-state index is -0.675. The highest BCUT2D eigenvalue weighted by molar-refractivity contribution is 6.16. The Morgan fingerprint density at radius 2 is 1.74 bits per heavy atom. The van der Waals surface area contributed by atoms with Crippen LogP contribution in [0.25, 0.3) is 0 Å². The van der Waals surface area contributed by atoms with Crippen molar-refractivity contribution < 1.29 is 9.59 Å². The van der Waals surface area contributed by atoms with E-state index in [1.165, 1.54) is 0 Å². The third-order valence-electron chi connectivity index (χ3n) is 4.79. The molecule has 0 aliphatic heterocycles. The maximum atomic E-state index is 12.8. The Kier molecular flexibility index (Phi) is 2.92. The molecule has 1 spiro atoms. The minimum absolute atomic E-state index is 0.120. The number of nitrogens with two attached hydrogens (primary N) is 1. The summed E-state index contributed by atoms with van der Waals surface area (Å²) in [5, 5.41) is 0. The minimum Gasteiger partial charge on any atom is -0.398 e. The number of anilines is 1. The summed E-state index contributed by atoms with van der Waals surface area (Å²) in [6.45, 7) is 0. The molecule has 3 rings (SSSR count). The standard InChI is InChI=1S/C16H19NO2/c17-13-7-3-2-6-11(13)12-10-14(18)16(15(12)19)8-4-1-5-9-16/h2-3,6-7,12H,1,4-5,8-10,17H2. The van der Waals surface area contributed by atoms with E-state index in [4.69, 9.17) is 5.73 Å². The molecular formula is C16H19NO2. The molecule has 100 valence electrons. The molecule has 3 heteroatoms. The molecule has 0 aromatic heterocycles. The molecule has 0 radical (unpaired) electrons. The Balaban J connectivity index is 1.97. The number of benzene rings is 1. The summed E-state index contributed by atoms with van der Waals surface area (Å²) >= 11 is 0. The number of hydrogen-bond acceptors (Lipinski definition) is 3. The lowest BCUT2D eigenvalue weighted by Crippen LogP contribution is -2.35. The second kappa shape index (κ2) is 4.48. The summed E-state index contributed by atoms with van der Waals surface area (Å²) in [4.78, 5) is 25.2. The summed E-state index contributed by atoms with van der Waals surface area (Å²) in [5.74, 6) is -0.0487. The lowest BCUT2D eigenvalue weighted by molar-refractivity contribution is -0.137. The average molecular weight is 257 g/mol. The lowest BCUT2D eigenvalue weighted by atomic mass is 9.70. The van der Waals surface area contributed by atoms with Crippen LogP contribution in [0.2, 0.25) is 0 Å². The number of hydrogen-bond donors (Lipinski definition) is 1. The van der Waals surface area contributed by atoms with Crippen molar-refractivity contribution in [2.45, 2.75) is 44.4 Å². The van der Waals surface area contributed by atoms with Crippen LogP contribution in [0.5, 0.6) is 0 Å². The van der Waals surface area contributed by atoms with Crippen LogP contribution in [0.1, 0.15) is 50.0 Å². The normalized spacial score (nSPS) is 26.0. The highest BCUT2D eigenvalue weighted by Crippen LogP contribution is 2.49. The number of carbonyl (C=O) groups is 2. The van der Waals surface area contributed by atoms with Gasteiger partial charge in [0.05, 0.1) is 11.3 Å². The van der Waals surface area contributed by atoms with Crippen LogP contribution in [0.3, 0.4) is 0 Å². The van der Waals surface area contributed by atoms with Crippen LogP contribution in [0.4, 0.5) is 5.69 Å². The van der Waals surface area contributed by atoms with Crippen molar-refractivity contribution in [3.8, 4) is 0 Å². The van der Waals surface area contributed by atoms with E-state index in [-0.39, 0.29) is 17.5 Å². The van der Waals surface area contributed by atoms with E-state index in [0.29, 0.717) is 12.1 Å². The summed E-state index contributed by atoms with van der Waals surface area (Å²) in [7, 11) is 0. The first kappa shape index (κ1) is 12.4. The van der Waals surface area contributed by atoms with Crippen LogP contribution < -0.4 is 5.73 Å². The SMILES string of the molecule is Nc1ccccc1C1CC(=O)C2(CCCCC2)C1=O. The van der Waals surface area contributed by atoms with Gasteiger partial charge >= 0.3 is 0 Å². The van der Waals surface area contributed by atoms with E-state index >= 15 is 0 Å². The molecule has 0 bridgehead atoms. The van der Waals surface area contributed by atoms with Crippen LogP contribution >= 0.6 is 0 Å². The van der Waals surface area contributed by atoms with Gasteiger partial charge in [0.25, 0.3) is 0 Å². The fourth-order valence-corrected chi connectivity index (χ4v) is 3.70. The van der Waals surface area contributed by atoms with Gasteiger partial charge in [-0.2, -0.15) is 0 Å². The average Bonchev–Trinajstić information content (AvgIpc) is 2.66. The molecule has 0 heterocycles. The summed E-state index contributed by atoms with van der Waals surface area (Å²) < 4.78 is 0. The van der Waals surface area contributed by atoms with E-state index in [9.17, 15) is 9.59 Å². The molecule has 3 nitrogen and oxygen atoms in total. The molecule has 2 fully saturated rings. The number of para-hydroxylation sites is 1. The van der Waals surface area contributed by atoms with Gasteiger partial charge in [-0.05, 0) is 24.5 Å². The van der Waals surface area contributed by atoms with E-state index < -0.39 is 5.41 Å². The monoisotopic (exact) mass is 257 g/mol. The van der Waals surface area contributed by atoms with E-state index in [1.807, 2.05) is 18.2 Å². The van der Waals surface area contributed by atoms with Gasteiger partial charge in [0.15, 0.2) is 5.78 Å². The van der Waals surface area contributed by atoms with Crippen molar-refractivity contribution in [3.63, 3.8) is 0 Å². The first-order chi connectivity index (χ1) is 9.15. The largest absolute Gasteiger partial charge is 0.398 e. The topological polar surface area (TPSA) is 60.2 Å². The molecule has 1 aromatic carbocycles. The van der Waals surface area contributed by atoms with Crippen LogP contribution in [0.15, 0.2) is 24.3 Å². The summed E-state index contributed by atoms with van der Waals surface area (Å²) in [6, 6.07) is 7.43. The third kappa shape index (κ3) is 1.79. The maximum absolute atomic E-state index is 12.8. The van der Waals surface area contributed by atoms with E-state index in [2.05, 4.69) is 0 Å². The molecule has 0 saturated heterocycles. The van der Waals surface area contributed by atoms with Crippen molar-refractivity contribution in [1.29, 1.82) is 0 Å². The molecule has 2 N–H and O–H groups in total. The molecule has 2 aliphatic carbocycles. The zero-order chi connectivity index (χ0) is 13.5. The van der Waals surface area contributed by atoms with Gasteiger partial charge in [-0.25, -0.2) is 0 Å². The zero-order valence-corrected chi connectivity index (χ0v) is 11.0. The highest BCUT2D eigenvalue weighted by Gasteiger charge is 2.54. The molecule has 2 aliphatic rings. The number of carbonyl (C=O) groups excluding carboxylic acids is 2. The molecule has 19 heavy (non-hydrogen) atoms. The Hall–Kier alpha value is -1.64. The predicted octanol–water partition coefficient (Wildman–Crippen LogP) is 2.84. The molecule has 1 atom stereocenters. The predicted molar refractivity (Wildman–Crippen MR) is 73.7 cm³/mol. The quantitative estimate of drug-likeness (QED) is 0.621. The Morgan fingerprint density at radius 1 is 1.05 bits per heavy atom. The van der Waals surface area contributed by atoms with E-state index in [0.717, 1.165) is 37.7 Å². The van der Waals surface area contributed by atoms with Crippen molar-refractivity contribution in [2.75, 3.05) is 5.73 Å². The number of nitrogen functional groups attached to an aromatic ring is 1. The Morgan fingerprint density at radius 3 is 2.42 bits per heavy atom. The van der Waals surface area contributed by atoms with Crippen molar-refractivity contribution in [1.82, 2.24) is 0 Å². The molecule has 1 aromatic rings. The lowest BCUT2D eigenvalue weighted by Gasteiger charge is -2.30. The van der Waals surface area contributed by atoms with Crippen LogP contribution in [-0.2, 0) is 9.59 Å². The van der Waals surface area contributed by atoms with E-state index in [1.54, 1.807) is 6.07 Å². The van der Waals surface area contributed by atoms with Crippen LogP contribution in [-0.4, -0.2) is 11.6 Å². The molecular weight excluding hydrogens is 238 g/mol. The van der Waals surface area contributed by atoms with Gasteiger partial charge in [-0.3, -0.25) is 9.59 Å². The fourth-order valence-electron chi connectivity index (χ4n) is 3.70. The first-order valence-electron chi connectivity index (χ1n) is 7.07. The fraction of sp³-hybridized carbons (Fsp3) is 0.500. The zero-order valence-electron chi connectivity index (χ0n) is 11.0. The number of Topliss-reactive ketones (excluding diaryl/α,β-unsaturated/α-hetero) is 2. The van der Waals surface area contributed by atoms with Gasteiger partial charge in [0.1, 0.15) is 5.78 Å². The van der Waals surface area contributed by atoms with Gasteiger partial charge in [0, 0.05) is 12.1 Å². The Bertz CT molecular complexity index is 529. The first-order valence-corrected chi connectivity index (χ1v) is 7.07. The Labute approximate surface area is 113 Å². The smallest absolute Gasteiger partial charge is 0.154 e. The van der Waals surface area contributed by atoms with Crippen molar-refractivity contribution >= 4 is 17.3 Å². The van der Waals surface area contributed by atoms with Gasteiger partial charge in [0.2, 0.25) is 0 Å². The summed E-state index contributed by atoms with van der Waals surface area (Å²) in [6.07, 6.45) is 4.96. The third-order valence-corrected chi connectivity index (χ3v) is 4.79. The van der Waals surface area contributed by atoms with Gasteiger partial charge < -0.3 is 5.73 Å². The maximum Gasteiger partial charge on any atom is 0.154 e. The second-order valence-electron chi connectivity index (χ2n) is 5.82. The van der Waals surface area contributed by atoms with Gasteiger partial charge in [-0.1, -0.05) is 37.5 Å². The van der Waals surface area contributed by atoms with Crippen LogP contribution in [0, 0.1) is 5.41 Å². The molecule has 0 amide bonds. The molecule has 2 saturated carbocycles. The second-order valence-corrected chi connectivity index (χ2v) is 5.82. The number of rotatable bonds is 1.